The lowest BCUT2D eigenvalue weighted by molar-refractivity contribution is 0.0526. The third-order valence-electron chi connectivity index (χ3n) is 2.38. The van der Waals surface area contributed by atoms with Gasteiger partial charge in [0.05, 0.1) is 24.1 Å². The van der Waals surface area contributed by atoms with E-state index in [1.54, 1.807) is 30.1 Å². The average molecular weight is 266 g/mol. The summed E-state index contributed by atoms with van der Waals surface area (Å²) in [5.41, 5.74) is 2.10. The third kappa shape index (κ3) is 2.51. The number of esters is 1. The molecule has 0 aliphatic heterocycles. The Hall–Kier alpha value is -1.88. The van der Waals surface area contributed by atoms with Crippen LogP contribution in [0.4, 0.5) is 0 Å². The molecule has 0 bridgehead atoms. The lowest BCUT2D eigenvalue weighted by atomic mass is 10.2. The highest BCUT2D eigenvalue weighted by Gasteiger charge is 2.11. The second-order valence-corrected chi connectivity index (χ2v) is 4.07. The molecule has 6 heteroatoms. The van der Waals surface area contributed by atoms with Crippen LogP contribution in [0.3, 0.4) is 0 Å². The molecule has 2 heterocycles. The largest absolute Gasteiger partial charge is 0.462 e. The van der Waals surface area contributed by atoms with Crippen LogP contribution < -0.4 is 0 Å². The quantitative estimate of drug-likeness (QED) is 0.632. The van der Waals surface area contributed by atoms with E-state index in [-0.39, 0.29) is 5.97 Å². The maximum atomic E-state index is 11.5. The summed E-state index contributed by atoms with van der Waals surface area (Å²) in [5, 5.41) is 4.50. The van der Waals surface area contributed by atoms with Gasteiger partial charge >= 0.3 is 5.97 Å². The molecular formula is C12H12ClN3O2. The van der Waals surface area contributed by atoms with E-state index in [0.29, 0.717) is 17.3 Å². The number of carbonyl (C=O) groups is 1. The molecule has 0 aliphatic carbocycles. The van der Waals surface area contributed by atoms with Crippen molar-refractivity contribution in [3.8, 4) is 5.69 Å². The van der Waals surface area contributed by atoms with Crippen LogP contribution in [-0.4, -0.2) is 27.3 Å². The van der Waals surface area contributed by atoms with Gasteiger partial charge in [-0.1, -0.05) is 11.6 Å². The van der Waals surface area contributed by atoms with Crippen molar-refractivity contribution in [3.05, 3.63) is 40.9 Å². The standard InChI is InChI=1S/C12H12ClN3O2/c1-3-18-12(17)9-6-15-16(7-9)10-4-11(13)14-5-8(10)2/h4-7H,3H2,1-2H3. The fraction of sp³-hybridized carbons (Fsp3) is 0.250. The molecule has 0 aliphatic rings. The Bertz CT molecular complexity index is 580. The third-order valence-corrected chi connectivity index (χ3v) is 2.59. The highest BCUT2D eigenvalue weighted by molar-refractivity contribution is 6.29. The second-order valence-electron chi connectivity index (χ2n) is 3.69. The van der Waals surface area contributed by atoms with Crippen LogP contribution in [0.5, 0.6) is 0 Å². The van der Waals surface area contributed by atoms with Gasteiger partial charge in [-0.15, -0.1) is 0 Å². The van der Waals surface area contributed by atoms with E-state index in [2.05, 4.69) is 10.1 Å². The zero-order chi connectivity index (χ0) is 13.1. The van der Waals surface area contributed by atoms with E-state index >= 15 is 0 Å². The van der Waals surface area contributed by atoms with Gasteiger partial charge in [0.15, 0.2) is 0 Å². The molecule has 0 saturated carbocycles. The van der Waals surface area contributed by atoms with E-state index in [4.69, 9.17) is 16.3 Å². The fourth-order valence-electron chi connectivity index (χ4n) is 1.51. The maximum absolute atomic E-state index is 11.5. The van der Waals surface area contributed by atoms with Crippen molar-refractivity contribution in [2.45, 2.75) is 13.8 Å². The first-order valence-corrected chi connectivity index (χ1v) is 5.84. The molecule has 0 amide bonds. The molecule has 0 N–H and O–H groups in total. The topological polar surface area (TPSA) is 57.0 Å². The molecule has 94 valence electrons. The number of aryl methyl sites for hydroxylation is 1. The molecule has 0 fully saturated rings. The number of ether oxygens (including phenoxy) is 1. The normalized spacial score (nSPS) is 10.4. The molecule has 0 aromatic carbocycles. The van der Waals surface area contributed by atoms with E-state index in [1.165, 1.54) is 6.20 Å². The Kier molecular flexibility index (Phi) is 3.62. The molecule has 2 rings (SSSR count). The van der Waals surface area contributed by atoms with Crippen molar-refractivity contribution in [1.82, 2.24) is 14.8 Å². The van der Waals surface area contributed by atoms with Crippen molar-refractivity contribution in [2.24, 2.45) is 0 Å². The Morgan fingerprint density at radius 2 is 2.28 bits per heavy atom. The summed E-state index contributed by atoms with van der Waals surface area (Å²) in [5.74, 6) is -0.387. The van der Waals surface area contributed by atoms with Crippen molar-refractivity contribution in [2.75, 3.05) is 6.61 Å². The number of halogens is 1. The zero-order valence-corrected chi connectivity index (χ0v) is 10.8. The number of rotatable bonds is 3. The lowest BCUT2D eigenvalue weighted by Crippen LogP contribution is -2.03. The average Bonchev–Trinajstić information content (AvgIpc) is 2.82. The van der Waals surface area contributed by atoms with Gasteiger partial charge in [0.2, 0.25) is 0 Å². The molecule has 0 atom stereocenters. The predicted molar refractivity (Wildman–Crippen MR) is 67.1 cm³/mol. The highest BCUT2D eigenvalue weighted by Crippen LogP contribution is 2.17. The minimum absolute atomic E-state index is 0.337. The van der Waals surface area contributed by atoms with Crippen LogP contribution in [0.15, 0.2) is 24.7 Å². The van der Waals surface area contributed by atoms with Gasteiger partial charge < -0.3 is 4.74 Å². The van der Waals surface area contributed by atoms with Crippen LogP contribution in [0, 0.1) is 6.92 Å². The summed E-state index contributed by atoms with van der Waals surface area (Å²) in [4.78, 5) is 15.5. The van der Waals surface area contributed by atoms with Crippen molar-refractivity contribution < 1.29 is 9.53 Å². The first-order valence-electron chi connectivity index (χ1n) is 5.46. The lowest BCUT2D eigenvalue weighted by Gasteiger charge is -2.05. The highest BCUT2D eigenvalue weighted by atomic mass is 35.5. The molecule has 2 aromatic rings. The number of carbonyl (C=O) groups excluding carboxylic acids is 1. The summed E-state index contributed by atoms with van der Waals surface area (Å²) < 4.78 is 6.48. The minimum Gasteiger partial charge on any atom is -0.462 e. The summed E-state index contributed by atoms with van der Waals surface area (Å²) in [6.07, 6.45) is 4.73. The first kappa shape index (κ1) is 12.6. The van der Waals surface area contributed by atoms with Gasteiger partial charge in [0, 0.05) is 18.5 Å². The number of hydrogen-bond donors (Lipinski definition) is 0. The zero-order valence-electron chi connectivity index (χ0n) is 10.1. The van der Waals surface area contributed by atoms with Gasteiger partial charge in [-0.05, 0) is 19.4 Å². The fourth-order valence-corrected chi connectivity index (χ4v) is 1.66. The van der Waals surface area contributed by atoms with E-state index < -0.39 is 0 Å². The van der Waals surface area contributed by atoms with E-state index in [0.717, 1.165) is 11.3 Å². The molecular weight excluding hydrogens is 254 g/mol. The minimum atomic E-state index is -0.387. The Morgan fingerprint density at radius 1 is 1.50 bits per heavy atom. The van der Waals surface area contributed by atoms with E-state index in [1.807, 2.05) is 6.92 Å². The van der Waals surface area contributed by atoms with Crippen molar-refractivity contribution in [3.63, 3.8) is 0 Å². The summed E-state index contributed by atoms with van der Waals surface area (Å²) in [6.45, 7) is 3.99. The molecule has 0 radical (unpaired) electrons. The number of nitrogens with zero attached hydrogens (tertiary/aromatic N) is 3. The monoisotopic (exact) mass is 265 g/mol. The van der Waals surface area contributed by atoms with Crippen molar-refractivity contribution in [1.29, 1.82) is 0 Å². The van der Waals surface area contributed by atoms with Crippen LogP contribution in [0.2, 0.25) is 5.15 Å². The van der Waals surface area contributed by atoms with Crippen molar-refractivity contribution >= 4 is 17.6 Å². The molecule has 0 unspecified atom stereocenters. The number of pyridine rings is 1. The predicted octanol–water partition coefficient (Wildman–Crippen LogP) is 2.41. The second kappa shape index (κ2) is 5.18. The molecule has 0 saturated heterocycles. The van der Waals surface area contributed by atoms with Crippen LogP contribution in [0.1, 0.15) is 22.8 Å². The summed E-state index contributed by atoms with van der Waals surface area (Å²) in [7, 11) is 0. The molecule has 18 heavy (non-hydrogen) atoms. The van der Waals surface area contributed by atoms with Gasteiger partial charge in [0.1, 0.15) is 5.15 Å². The van der Waals surface area contributed by atoms with Crippen LogP contribution in [0.25, 0.3) is 5.69 Å². The SMILES string of the molecule is CCOC(=O)c1cnn(-c2cc(Cl)ncc2C)c1. The molecule has 5 nitrogen and oxygen atoms in total. The van der Waals surface area contributed by atoms with Gasteiger partial charge in [-0.25, -0.2) is 14.5 Å². The van der Waals surface area contributed by atoms with Gasteiger partial charge in [-0.3, -0.25) is 0 Å². The molecule has 0 spiro atoms. The molecule has 2 aromatic heterocycles. The smallest absolute Gasteiger partial charge is 0.341 e. The Balaban J connectivity index is 2.35. The first-order chi connectivity index (χ1) is 8.61. The summed E-state index contributed by atoms with van der Waals surface area (Å²) in [6, 6.07) is 1.69. The Labute approximate surface area is 109 Å². The van der Waals surface area contributed by atoms with Gasteiger partial charge in [-0.2, -0.15) is 5.10 Å². The summed E-state index contributed by atoms with van der Waals surface area (Å²) >= 11 is 5.84. The van der Waals surface area contributed by atoms with Crippen LogP contribution >= 0.6 is 11.6 Å². The maximum Gasteiger partial charge on any atom is 0.341 e. The van der Waals surface area contributed by atoms with E-state index in [9.17, 15) is 4.79 Å². The number of hydrogen-bond acceptors (Lipinski definition) is 4. The van der Waals surface area contributed by atoms with Crippen LogP contribution in [-0.2, 0) is 4.74 Å². The number of aromatic nitrogens is 3. The van der Waals surface area contributed by atoms with Gasteiger partial charge in [0.25, 0.3) is 0 Å². The Morgan fingerprint density at radius 3 is 3.00 bits per heavy atom.